The Morgan fingerprint density at radius 2 is 2.09 bits per heavy atom. The van der Waals surface area contributed by atoms with Crippen molar-refractivity contribution in [2.75, 3.05) is 6.61 Å². The molecular weight excluding hydrogens is 314 g/mol. The summed E-state index contributed by atoms with van der Waals surface area (Å²) in [7, 11) is 0. The third-order valence-electron chi connectivity index (χ3n) is 3.51. The summed E-state index contributed by atoms with van der Waals surface area (Å²) in [4.78, 5) is 16.3. The van der Waals surface area contributed by atoms with Crippen molar-refractivity contribution < 1.29 is 14.3 Å². The quantitative estimate of drug-likeness (QED) is 0.692. The maximum atomic E-state index is 12.0. The van der Waals surface area contributed by atoms with E-state index in [1.807, 2.05) is 19.1 Å². The number of carbonyl (C=O) groups excluding carboxylic acids is 1. The number of ether oxygens (including phenoxy) is 2. The highest BCUT2D eigenvalue weighted by Gasteiger charge is 2.15. The Hall–Kier alpha value is -1.81. The van der Waals surface area contributed by atoms with Crippen molar-refractivity contribution in [1.29, 1.82) is 0 Å². The highest BCUT2D eigenvalue weighted by Crippen LogP contribution is 2.29. The van der Waals surface area contributed by atoms with E-state index < -0.39 is 0 Å². The lowest BCUT2D eigenvalue weighted by Crippen LogP contribution is -2.23. The Kier molecular flexibility index (Phi) is 6.22. The maximum Gasteiger partial charge on any atom is 0.344 e. The zero-order chi connectivity index (χ0) is 16.8. The van der Waals surface area contributed by atoms with Crippen LogP contribution >= 0.6 is 11.6 Å². The van der Waals surface area contributed by atoms with Gasteiger partial charge >= 0.3 is 5.97 Å². The zero-order valence-electron chi connectivity index (χ0n) is 13.7. The van der Waals surface area contributed by atoms with Crippen molar-refractivity contribution in [2.24, 2.45) is 5.92 Å². The van der Waals surface area contributed by atoms with Gasteiger partial charge in [-0.15, -0.1) is 0 Å². The van der Waals surface area contributed by atoms with Gasteiger partial charge in [0, 0.05) is 11.6 Å². The van der Waals surface area contributed by atoms with Gasteiger partial charge in [0.1, 0.15) is 17.4 Å². The van der Waals surface area contributed by atoms with E-state index in [1.165, 1.54) is 0 Å². The van der Waals surface area contributed by atoms with Crippen LogP contribution in [0.2, 0.25) is 5.02 Å². The van der Waals surface area contributed by atoms with E-state index in [4.69, 9.17) is 21.1 Å². The number of hydrogen-bond donors (Lipinski definition) is 0. The molecule has 1 aromatic carbocycles. The number of fused-ring (bicyclic) bond motifs is 1. The number of esters is 1. The Balaban J connectivity index is 2.01. The molecule has 0 bridgehead atoms. The van der Waals surface area contributed by atoms with Gasteiger partial charge in [-0.25, -0.2) is 4.79 Å². The van der Waals surface area contributed by atoms with Crippen molar-refractivity contribution in [1.82, 2.24) is 4.98 Å². The average Bonchev–Trinajstić information content (AvgIpc) is 2.53. The molecule has 0 aliphatic carbocycles. The molecular formula is C18H22ClNO3. The van der Waals surface area contributed by atoms with Gasteiger partial charge in [0.2, 0.25) is 0 Å². The van der Waals surface area contributed by atoms with Gasteiger partial charge in [0.05, 0.1) is 5.02 Å². The number of benzene rings is 1. The average molecular weight is 336 g/mol. The molecule has 0 amide bonds. The normalized spacial score (nSPS) is 12.4. The molecule has 1 heterocycles. The van der Waals surface area contributed by atoms with E-state index in [9.17, 15) is 4.79 Å². The molecule has 5 heteroatoms. The summed E-state index contributed by atoms with van der Waals surface area (Å²) >= 11 is 6.14. The topological polar surface area (TPSA) is 48.4 Å². The maximum absolute atomic E-state index is 12.0. The van der Waals surface area contributed by atoms with Crippen molar-refractivity contribution in [3.8, 4) is 5.75 Å². The summed E-state index contributed by atoms with van der Waals surface area (Å²) in [5.41, 5.74) is 0.641. The highest BCUT2D eigenvalue weighted by atomic mass is 35.5. The van der Waals surface area contributed by atoms with Crippen LogP contribution in [0, 0.1) is 5.92 Å². The van der Waals surface area contributed by atoms with Crippen molar-refractivity contribution >= 4 is 28.5 Å². The van der Waals surface area contributed by atoms with Gasteiger partial charge in [0.25, 0.3) is 0 Å². The van der Waals surface area contributed by atoms with Crippen LogP contribution in [0.1, 0.15) is 33.6 Å². The van der Waals surface area contributed by atoms with Crippen LogP contribution in [0.3, 0.4) is 0 Å². The van der Waals surface area contributed by atoms with Crippen LogP contribution in [0.25, 0.3) is 10.9 Å². The smallest absolute Gasteiger partial charge is 0.344 e. The summed E-state index contributed by atoms with van der Waals surface area (Å²) in [6, 6.07) is 7.13. The van der Waals surface area contributed by atoms with E-state index in [0.29, 0.717) is 22.2 Å². The second-order valence-corrected chi connectivity index (χ2v) is 6.29. The summed E-state index contributed by atoms with van der Waals surface area (Å²) < 4.78 is 11.0. The van der Waals surface area contributed by atoms with Gasteiger partial charge in [-0.05, 0) is 43.0 Å². The molecule has 1 aromatic heterocycles. The van der Waals surface area contributed by atoms with E-state index in [2.05, 4.69) is 18.8 Å². The molecule has 4 nitrogen and oxygen atoms in total. The number of aromatic nitrogens is 1. The molecule has 0 fully saturated rings. The minimum atomic E-state index is -0.364. The van der Waals surface area contributed by atoms with Crippen molar-refractivity contribution in [3.63, 3.8) is 0 Å². The van der Waals surface area contributed by atoms with Gasteiger partial charge in [-0.2, -0.15) is 0 Å². The molecule has 1 atom stereocenters. The molecule has 23 heavy (non-hydrogen) atoms. The standard InChI is InChI=1S/C18H22ClNO3/c1-4-13(10-12(2)3)23-17(21)11-22-16-8-7-15(19)14-6-5-9-20-18(14)16/h5-9,12-13H,4,10-11H2,1-3H3. The van der Waals surface area contributed by atoms with Crippen LogP contribution in [0.5, 0.6) is 5.75 Å². The highest BCUT2D eigenvalue weighted by molar-refractivity contribution is 6.35. The summed E-state index contributed by atoms with van der Waals surface area (Å²) in [5.74, 6) is 0.647. The molecule has 0 aliphatic rings. The van der Waals surface area contributed by atoms with Crippen LogP contribution < -0.4 is 4.74 Å². The molecule has 0 aliphatic heterocycles. The predicted molar refractivity (Wildman–Crippen MR) is 91.9 cm³/mol. The Bertz CT molecular complexity index is 672. The van der Waals surface area contributed by atoms with Gasteiger partial charge in [-0.3, -0.25) is 4.98 Å². The van der Waals surface area contributed by atoms with E-state index in [1.54, 1.807) is 18.3 Å². The monoisotopic (exact) mass is 335 g/mol. The minimum absolute atomic E-state index is 0.0637. The second-order valence-electron chi connectivity index (χ2n) is 5.88. The summed E-state index contributed by atoms with van der Waals surface area (Å²) in [6.07, 6.45) is 3.26. The molecule has 0 saturated carbocycles. The number of nitrogens with zero attached hydrogens (tertiary/aromatic N) is 1. The first-order valence-corrected chi connectivity index (χ1v) is 8.24. The first kappa shape index (κ1) is 17.5. The van der Waals surface area contributed by atoms with Crippen LogP contribution in [-0.4, -0.2) is 23.7 Å². The number of halogens is 1. The van der Waals surface area contributed by atoms with Crippen LogP contribution in [0.4, 0.5) is 0 Å². The number of pyridine rings is 1. The van der Waals surface area contributed by atoms with Crippen molar-refractivity contribution in [3.05, 3.63) is 35.5 Å². The largest absolute Gasteiger partial charge is 0.480 e. The molecule has 1 unspecified atom stereocenters. The third kappa shape index (κ3) is 4.83. The van der Waals surface area contributed by atoms with Crippen molar-refractivity contribution in [2.45, 2.75) is 39.7 Å². The molecule has 0 spiro atoms. The van der Waals surface area contributed by atoms with Gasteiger partial charge in [0.15, 0.2) is 6.61 Å². The lowest BCUT2D eigenvalue weighted by atomic mass is 10.0. The summed E-state index contributed by atoms with van der Waals surface area (Å²) in [6.45, 7) is 6.09. The molecule has 0 radical (unpaired) electrons. The number of carbonyl (C=O) groups is 1. The van der Waals surface area contributed by atoms with Gasteiger partial charge < -0.3 is 9.47 Å². The predicted octanol–water partition coefficient (Wildman–Crippen LogP) is 4.63. The number of hydrogen-bond acceptors (Lipinski definition) is 4. The molecule has 0 N–H and O–H groups in total. The zero-order valence-corrected chi connectivity index (χ0v) is 14.5. The Morgan fingerprint density at radius 1 is 1.30 bits per heavy atom. The fourth-order valence-electron chi connectivity index (χ4n) is 2.41. The molecule has 0 saturated heterocycles. The molecule has 2 rings (SSSR count). The fourth-order valence-corrected chi connectivity index (χ4v) is 2.62. The number of rotatable bonds is 7. The second kappa shape index (κ2) is 8.16. The molecule has 2 aromatic rings. The van der Waals surface area contributed by atoms with Crippen LogP contribution in [-0.2, 0) is 9.53 Å². The fraction of sp³-hybridized carbons (Fsp3) is 0.444. The Morgan fingerprint density at radius 3 is 2.78 bits per heavy atom. The SMILES string of the molecule is CCC(CC(C)C)OC(=O)COc1ccc(Cl)c2cccnc12. The first-order chi connectivity index (χ1) is 11.0. The molecule has 124 valence electrons. The van der Waals surface area contributed by atoms with E-state index in [0.717, 1.165) is 18.2 Å². The lowest BCUT2D eigenvalue weighted by Gasteiger charge is -2.18. The van der Waals surface area contributed by atoms with E-state index >= 15 is 0 Å². The third-order valence-corrected chi connectivity index (χ3v) is 3.84. The Labute approximate surface area is 141 Å². The first-order valence-electron chi connectivity index (χ1n) is 7.86. The van der Waals surface area contributed by atoms with Crippen LogP contribution in [0.15, 0.2) is 30.5 Å². The lowest BCUT2D eigenvalue weighted by molar-refractivity contribution is -0.152. The van der Waals surface area contributed by atoms with E-state index in [-0.39, 0.29) is 18.7 Å². The minimum Gasteiger partial charge on any atom is -0.480 e. The van der Waals surface area contributed by atoms with Gasteiger partial charge in [-0.1, -0.05) is 32.4 Å². The summed E-state index contributed by atoms with van der Waals surface area (Å²) in [5, 5.41) is 1.40.